The van der Waals surface area contributed by atoms with E-state index in [1.807, 2.05) is 36.4 Å². The number of benzene rings is 3. The number of hydrogen-bond donors (Lipinski definition) is 0. The molecule has 5 rings (SSSR count). The van der Waals surface area contributed by atoms with Crippen LogP contribution >= 0.6 is 0 Å². The molecule has 3 aromatic rings. The molecule has 0 N–H and O–H groups in total. The Balaban J connectivity index is 1.72. The van der Waals surface area contributed by atoms with Gasteiger partial charge in [-0.05, 0) is 53.1 Å². The van der Waals surface area contributed by atoms with Crippen molar-refractivity contribution in [1.29, 1.82) is 0 Å². The number of Topliss-reactive ketones (excluding diaryl/α,β-unsaturated/α-hetero) is 1. The molecule has 2 bridgehead atoms. The van der Waals surface area contributed by atoms with Crippen molar-refractivity contribution in [3.63, 3.8) is 0 Å². The van der Waals surface area contributed by atoms with Gasteiger partial charge >= 0.3 is 0 Å². The van der Waals surface area contributed by atoms with Crippen molar-refractivity contribution in [3.05, 3.63) is 94.5 Å². The molecule has 0 fully saturated rings. The maximum Gasteiger partial charge on any atom is 0.170 e. The summed E-state index contributed by atoms with van der Waals surface area (Å²) in [7, 11) is 3.31. The lowest BCUT2D eigenvalue weighted by molar-refractivity contribution is 0.0912. The van der Waals surface area contributed by atoms with Crippen LogP contribution in [0.5, 0.6) is 11.5 Å². The van der Waals surface area contributed by atoms with Crippen molar-refractivity contribution in [3.8, 4) is 11.5 Å². The van der Waals surface area contributed by atoms with Crippen LogP contribution in [-0.2, 0) is 6.42 Å². The van der Waals surface area contributed by atoms with Crippen LogP contribution in [0, 0.1) is 5.92 Å². The summed E-state index contributed by atoms with van der Waals surface area (Å²) in [5.74, 6) is 2.01. The Labute approximate surface area is 171 Å². The van der Waals surface area contributed by atoms with Crippen LogP contribution in [0.2, 0.25) is 0 Å². The van der Waals surface area contributed by atoms with Gasteiger partial charge in [0, 0.05) is 11.5 Å². The summed E-state index contributed by atoms with van der Waals surface area (Å²) < 4.78 is 11.2. The molecule has 0 aromatic heterocycles. The quantitative estimate of drug-likeness (QED) is 0.567. The summed E-state index contributed by atoms with van der Waals surface area (Å²) in [6, 6.07) is 22.4. The van der Waals surface area contributed by atoms with Gasteiger partial charge in [-0.15, -0.1) is 0 Å². The number of ether oxygens (including phenoxy) is 2. The van der Waals surface area contributed by atoms with E-state index in [0.29, 0.717) is 11.7 Å². The molecule has 3 aromatic carbocycles. The Kier molecular flexibility index (Phi) is 4.39. The minimum atomic E-state index is -0.170. The Morgan fingerprint density at radius 3 is 2.21 bits per heavy atom. The van der Waals surface area contributed by atoms with Crippen LogP contribution in [0.1, 0.15) is 50.9 Å². The van der Waals surface area contributed by atoms with Gasteiger partial charge in [-0.1, -0.05) is 54.6 Å². The summed E-state index contributed by atoms with van der Waals surface area (Å²) in [6.45, 7) is 0. The normalized spacial score (nSPS) is 21.7. The number of fused-ring (bicyclic) bond motifs is 6. The topological polar surface area (TPSA) is 35.5 Å². The van der Waals surface area contributed by atoms with Gasteiger partial charge in [-0.25, -0.2) is 0 Å². The Hall–Kier alpha value is -3.07. The third kappa shape index (κ3) is 2.84. The zero-order valence-corrected chi connectivity index (χ0v) is 16.7. The van der Waals surface area contributed by atoms with Gasteiger partial charge in [0.25, 0.3) is 0 Å². The van der Waals surface area contributed by atoms with E-state index < -0.39 is 0 Å². The fraction of sp³-hybridized carbons (Fsp3) is 0.269. The molecule has 2 aliphatic rings. The molecule has 3 heteroatoms. The van der Waals surface area contributed by atoms with E-state index in [1.165, 1.54) is 16.7 Å². The molecule has 0 saturated heterocycles. The first kappa shape index (κ1) is 18.0. The van der Waals surface area contributed by atoms with E-state index >= 15 is 0 Å². The summed E-state index contributed by atoms with van der Waals surface area (Å²) >= 11 is 0. The SMILES string of the molecule is COc1cc2c(cc1OC)[C@@H](C(=O)c1ccccc1)[C@@H]1Cc3ccccc3[C@H]2C1. The second-order valence-electron chi connectivity index (χ2n) is 8.00. The lowest BCUT2D eigenvalue weighted by atomic mass is 9.60. The average molecular weight is 384 g/mol. The van der Waals surface area contributed by atoms with Gasteiger partial charge in [-0.2, -0.15) is 0 Å². The van der Waals surface area contributed by atoms with E-state index in [0.717, 1.165) is 29.7 Å². The number of carbonyl (C=O) groups excluding carboxylic acids is 1. The maximum atomic E-state index is 13.7. The highest BCUT2D eigenvalue weighted by molar-refractivity contribution is 6.01. The molecule has 0 unspecified atom stereocenters. The molecule has 0 amide bonds. The first-order chi connectivity index (χ1) is 14.2. The Morgan fingerprint density at radius 1 is 0.828 bits per heavy atom. The Morgan fingerprint density at radius 2 is 1.48 bits per heavy atom. The number of rotatable bonds is 4. The molecule has 0 heterocycles. The van der Waals surface area contributed by atoms with E-state index in [2.05, 4.69) is 30.3 Å². The van der Waals surface area contributed by atoms with Gasteiger partial charge in [0.05, 0.1) is 20.1 Å². The fourth-order valence-corrected chi connectivity index (χ4v) is 5.28. The van der Waals surface area contributed by atoms with Crippen molar-refractivity contribution < 1.29 is 14.3 Å². The summed E-state index contributed by atoms with van der Waals surface area (Å²) in [4.78, 5) is 13.7. The zero-order chi connectivity index (χ0) is 20.0. The van der Waals surface area contributed by atoms with Crippen molar-refractivity contribution >= 4 is 5.78 Å². The molecule has 3 nitrogen and oxygen atoms in total. The van der Waals surface area contributed by atoms with E-state index in [9.17, 15) is 4.79 Å². The number of ketones is 1. The standard InChI is InChI=1S/C26H24O3/c1-28-23-14-21-20-13-18(12-17-10-6-7-11-19(17)20)25(22(21)15-24(23)29-2)26(27)16-8-4-3-5-9-16/h3-11,14-15,18,20,25H,12-13H2,1-2H3/t18-,20-,25+/m1/s1. The Bertz CT molecular complexity index is 1070. The monoisotopic (exact) mass is 384 g/mol. The molecule has 0 radical (unpaired) electrons. The maximum absolute atomic E-state index is 13.7. The van der Waals surface area contributed by atoms with Crippen LogP contribution < -0.4 is 9.47 Å². The van der Waals surface area contributed by atoms with Crippen LogP contribution in [0.4, 0.5) is 0 Å². The molecule has 146 valence electrons. The van der Waals surface area contributed by atoms with E-state index in [-0.39, 0.29) is 17.6 Å². The molecule has 29 heavy (non-hydrogen) atoms. The van der Waals surface area contributed by atoms with Crippen molar-refractivity contribution in [2.24, 2.45) is 5.92 Å². The van der Waals surface area contributed by atoms with Gasteiger partial charge in [-0.3, -0.25) is 4.79 Å². The predicted octanol–water partition coefficient (Wildman–Crippen LogP) is 5.38. The molecular weight excluding hydrogens is 360 g/mol. The number of carbonyl (C=O) groups is 1. The van der Waals surface area contributed by atoms with Gasteiger partial charge in [0.15, 0.2) is 17.3 Å². The van der Waals surface area contributed by atoms with Gasteiger partial charge in [0.2, 0.25) is 0 Å². The van der Waals surface area contributed by atoms with Crippen LogP contribution in [0.25, 0.3) is 0 Å². The number of methoxy groups -OCH3 is 2. The van der Waals surface area contributed by atoms with Crippen molar-refractivity contribution in [1.82, 2.24) is 0 Å². The number of hydrogen-bond acceptors (Lipinski definition) is 3. The zero-order valence-electron chi connectivity index (χ0n) is 16.7. The highest BCUT2D eigenvalue weighted by atomic mass is 16.5. The van der Waals surface area contributed by atoms with Crippen molar-refractivity contribution in [2.45, 2.75) is 24.7 Å². The van der Waals surface area contributed by atoms with Crippen molar-refractivity contribution in [2.75, 3.05) is 14.2 Å². The predicted molar refractivity (Wildman–Crippen MR) is 113 cm³/mol. The first-order valence-corrected chi connectivity index (χ1v) is 10.1. The molecular formula is C26H24O3. The molecule has 0 saturated carbocycles. The second-order valence-corrected chi connectivity index (χ2v) is 8.00. The van der Waals surface area contributed by atoms with Gasteiger partial charge in [0.1, 0.15) is 0 Å². The third-order valence-corrected chi connectivity index (χ3v) is 6.56. The molecule has 2 aliphatic carbocycles. The third-order valence-electron chi connectivity index (χ3n) is 6.56. The molecule has 3 atom stereocenters. The average Bonchev–Trinajstić information content (AvgIpc) is 2.78. The molecule has 0 spiro atoms. The fourth-order valence-electron chi connectivity index (χ4n) is 5.28. The second kappa shape index (κ2) is 7.07. The summed E-state index contributed by atoms with van der Waals surface area (Å²) in [6.07, 6.45) is 1.92. The first-order valence-electron chi connectivity index (χ1n) is 10.1. The smallest absolute Gasteiger partial charge is 0.170 e. The lowest BCUT2D eigenvalue weighted by Crippen LogP contribution is -2.34. The van der Waals surface area contributed by atoms with Crippen LogP contribution in [-0.4, -0.2) is 20.0 Å². The molecule has 0 aliphatic heterocycles. The minimum absolute atomic E-state index is 0.170. The highest BCUT2D eigenvalue weighted by Gasteiger charge is 2.43. The minimum Gasteiger partial charge on any atom is -0.493 e. The summed E-state index contributed by atoms with van der Waals surface area (Å²) in [5.41, 5.74) is 5.80. The van der Waals surface area contributed by atoms with Crippen LogP contribution in [0.15, 0.2) is 66.7 Å². The lowest BCUT2D eigenvalue weighted by Gasteiger charge is -2.42. The van der Waals surface area contributed by atoms with Crippen LogP contribution in [0.3, 0.4) is 0 Å². The van der Waals surface area contributed by atoms with Gasteiger partial charge < -0.3 is 9.47 Å². The summed E-state index contributed by atoms with van der Waals surface area (Å²) in [5, 5.41) is 0. The highest BCUT2D eigenvalue weighted by Crippen LogP contribution is 2.53. The largest absolute Gasteiger partial charge is 0.493 e. The van der Waals surface area contributed by atoms with E-state index in [1.54, 1.807) is 14.2 Å². The van der Waals surface area contributed by atoms with E-state index in [4.69, 9.17) is 9.47 Å².